The summed E-state index contributed by atoms with van der Waals surface area (Å²) < 4.78 is 5.33. The topological polar surface area (TPSA) is 67.4 Å². The molecule has 0 radical (unpaired) electrons. The Balaban J connectivity index is 2.58. The van der Waals surface area contributed by atoms with Gasteiger partial charge in [0.25, 0.3) is 0 Å². The Hall–Kier alpha value is -2.04. The molecule has 116 valence electrons. The van der Waals surface area contributed by atoms with E-state index in [9.17, 15) is 9.59 Å². The molecule has 1 atom stereocenters. The van der Waals surface area contributed by atoms with Gasteiger partial charge >= 0.3 is 0 Å². The quantitative estimate of drug-likeness (QED) is 0.876. The first-order chi connectivity index (χ1) is 9.74. The number of amides is 2. The van der Waals surface area contributed by atoms with E-state index in [1.807, 2.05) is 6.92 Å². The van der Waals surface area contributed by atoms with Gasteiger partial charge in [0.15, 0.2) is 0 Å². The molecular formula is C16H24N2O3. The van der Waals surface area contributed by atoms with Gasteiger partial charge in [-0.3, -0.25) is 9.59 Å². The number of rotatable bonds is 5. The summed E-state index contributed by atoms with van der Waals surface area (Å²) in [5, 5.41) is 5.45. The molecule has 21 heavy (non-hydrogen) atoms. The number of hydrogen-bond donors (Lipinski definition) is 2. The summed E-state index contributed by atoms with van der Waals surface area (Å²) in [6, 6.07) is 6.51. The van der Waals surface area contributed by atoms with E-state index in [-0.39, 0.29) is 11.8 Å². The molecule has 5 nitrogen and oxygen atoms in total. The van der Waals surface area contributed by atoms with Crippen molar-refractivity contribution < 1.29 is 14.3 Å². The van der Waals surface area contributed by atoms with Crippen LogP contribution in [0.4, 0.5) is 5.69 Å². The first-order valence-corrected chi connectivity index (χ1v) is 7.08. The molecule has 0 bridgehead atoms. The number of hydrogen-bond acceptors (Lipinski definition) is 3. The Kier molecular flexibility index (Phi) is 5.76. The summed E-state index contributed by atoms with van der Waals surface area (Å²) in [4.78, 5) is 23.9. The summed E-state index contributed by atoms with van der Waals surface area (Å²) in [6.45, 7) is 9.59. The minimum Gasteiger partial charge on any atom is -0.494 e. The molecule has 0 aliphatic rings. The lowest BCUT2D eigenvalue weighted by Gasteiger charge is -2.21. The summed E-state index contributed by atoms with van der Waals surface area (Å²) in [6.07, 6.45) is 0. The molecule has 1 unspecified atom stereocenters. The second kappa shape index (κ2) is 7.11. The highest BCUT2D eigenvalue weighted by Crippen LogP contribution is 2.16. The van der Waals surface area contributed by atoms with Crippen molar-refractivity contribution in [3.63, 3.8) is 0 Å². The monoisotopic (exact) mass is 292 g/mol. The summed E-state index contributed by atoms with van der Waals surface area (Å²) in [5.41, 5.74) is 0.147. The largest absolute Gasteiger partial charge is 0.494 e. The molecule has 2 N–H and O–H groups in total. The van der Waals surface area contributed by atoms with Crippen LogP contribution in [0.3, 0.4) is 0 Å². The zero-order chi connectivity index (χ0) is 16.0. The lowest BCUT2D eigenvalue weighted by atomic mass is 9.95. The minimum absolute atomic E-state index is 0.156. The predicted octanol–water partition coefficient (Wildman–Crippen LogP) is 2.57. The van der Waals surface area contributed by atoms with Gasteiger partial charge in [-0.15, -0.1) is 0 Å². The zero-order valence-electron chi connectivity index (χ0n) is 13.3. The summed E-state index contributed by atoms with van der Waals surface area (Å²) in [5.74, 6) is 0.346. The fourth-order valence-corrected chi connectivity index (χ4v) is 1.53. The molecule has 2 amide bonds. The SMILES string of the molecule is CCOc1ccc(NC(=O)C(C)NC(=O)C(C)(C)C)cc1. The molecule has 1 rings (SSSR count). The number of nitrogens with one attached hydrogen (secondary N) is 2. The van der Waals surface area contributed by atoms with E-state index < -0.39 is 11.5 Å². The maximum atomic E-state index is 12.0. The molecule has 0 aromatic heterocycles. The van der Waals surface area contributed by atoms with Gasteiger partial charge in [0.05, 0.1) is 6.61 Å². The average molecular weight is 292 g/mol. The highest BCUT2D eigenvalue weighted by Gasteiger charge is 2.25. The third-order valence-corrected chi connectivity index (χ3v) is 2.85. The van der Waals surface area contributed by atoms with Crippen LogP contribution in [-0.2, 0) is 9.59 Å². The van der Waals surface area contributed by atoms with Crippen molar-refractivity contribution in [2.45, 2.75) is 40.7 Å². The van der Waals surface area contributed by atoms with Crippen LogP contribution in [0.1, 0.15) is 34.6 Å². The van der Waals surface area contributed by atoms with Crippen molar-refractivity contribution in [2.24, 2.45) is 5.41 Å². The van der Waals surface area contributed by atoms with E-state index in [1.165, 1.54) is 0 Å². The molecule has 0 heterocycles. The van der Waals surface area contributed by atoms with Gasteiger partial charge in [0.1, 0.15) is 11.8 Å². The Morgan fingerprint density at radius 1 is 1.19 bits per heavy atom. The van der Waals surface area contributed by atoms with E-state index >= 15 is 0 Å². The van der Waals surface area contributed by atoms with Gasteiger partial charge in [-0.05, 0) is 38.1 Å². The molecule has 0 fully saturated rings. The van der Waals surface area contributed by atoms with Crippen LogP contribution in [0.15, 0.2) is 24.3 Å². The predicted molar refractivity (Wildman–Crippen MR) is 83.3 cm³/mol. The Bertz CT molecular complexity index is 489. The highest BCUT2D eigenvalue weighted by atomic mass is 16.5. The number of anilines is 1. The van der Waals surface area contributed by atoms with E-state index in [4.69, 9.17) is 4.74 Å². The second-order valence-electron chi connectivity index (χ2n) is 5.89. The van der Waals surface area contributed by atoms with Crippen LogP contribution in [-0.4, -0.2) is 24.5 Å². The van der Waals surface area contributed by atoms with E-state index in [0.717, 1.165) is 5.75 Å². The third-order valence-electron chi connectivity index (χ3n) is 2.85. The van der Waals surface area contributed by atoms with E-state index in [2.05, 4.69) is 10.6 Å². The number of carbonyl (C=O) groups excluding carboxylic acids is 2. The Morgan fingerprint density at radius 2 is 1.76 bits per heavy atom. The van der Waals surface area contributed by atoms with Crippen molar-refractivity contribution in [2.75, 3.05) is 11.9 Å². The number of ether oxygens (including phenoxy) is 1. The minimum atomic E-state index is -0.594. The van der Waals surface area contributed by atoms with Crippen LogP contribution >= 0.6 is 0 Å². The molecule has 5 heteroatoms. The van der Waals surface area contributed by atoms with Gasteiger partial charge in [-0.25, -0.2) is 0 Å². The molecule has 0 aliphatic heterocycles. The van der Waals surface area contributed by atoms with Crippen LogP contribution in [0.25, 0.3) is 0 Å². The molecule has 0 aliphatic carbocycles. The average Bonchev–Trinajstić information content (AvgIpc) is 2.40. The molecule has 1 aromatic carbocycles. The van der Waals surface area contributed by atoms with Crippen molar-refractivity contribution in [3.05, 3.63) is 24.3 Å². The standard InChI is InChI=1S/C16H24N2O3/c1-6-21-13-9-7-12(8-10-13)18-14(19)11(2)17-15(20)16(3,4)5/h7-11H,6H2,1-5H3,(H,17,20)(H,18,19). The normalized spacial score (nSPS) is 12.4. The molecule has 0 saturated heterocycles. The van der Waals surface area contributed by atoms with E-state index in [1.54, 1.807) is 52.0 Å². The lowest BCUT2D eigenvalue weighted by molar-refractivity contribution is -0.131. The fraction of sp³-hybridized carbons (Fsp3) is 0.500. The Labute approximate surface area is 126 Å². The summed E-state index contributed by atoms with van der Waals surface area (Å²) in [7, 11) is 0. The molecule has 1 aromatic rings. The highest BCUT2D eigenvalue weighted by molar-refractivity contribution is 5.97. The second-order valence-corrected chi connectivity index (χ2v) is 5.89. The van der Waals surface area contributed by atoms with Crippen molar-refractivity contribution in [3.8, 4) is 5.75 Å². The molecule has 0 saturated carbocycles. The first-order valence-electron chi connectivity index (χ1n) is 7.08. The Morgan fingerprint density at radius 3 is 2.24 bits per heavy atom. The van der Waals surface area contributed by atoms with Crippen molar-refractivity contribution in [1.29, 1.82) is 0 Å². The molecule has 0 spiro atoms. The summed E-state index contributed by atoms with van der Waals surface area (Å²) >= 11 is 0. The van der Waals surface area contributed by atoms with Crippen LogP contribution in [0, 0.1) is 5.41 Å². The van der Waals surface area contributed by atoms with Crippen molar-refractivity contribution >= 4 is 17.5 Å². The maximum absolute atomic E-state index is 12.0. The first kappa shape index (κ1) is 17.0. The van der Waals surface area contributed by atoms with Gasteiger partial charge in [0.2, 0.25) is 11.8 Å². The van der Waals surface area contributed by atoms with Crippen LogP contribution in [0.5, 0.6) is 5.75 Å². The maximum Gasteiger partial charge on any atom is 0.246 e. The third kappa shape index (κ3) is 5.45. The lowest BCUT2D eigenvalue weighted by Crippen LogP contribution is -2.46. The van der Waals surface area contributed by atoms with Crippen LogP contribution in [0.2, 0.25) is 0 Å². The van der Waals surface area contributed by atoms with Gasteiger partial charge in [0, 0.05) is 11.1 Å². The van der Waals surface area contributed by atoms with Gasteiger partial charge in [-0.1, -0.05) is 20.8 Å². The zero-order valence-corrected chi connectivity index (χ0v) is 13.3. The van der Waals surface area contributed by atoms with Gasteiger partial charge in [-0.2, -0.15) is 0 Å². The molecular weight excluding hydrogens is 268 g/mol. The van der Waals surface area contributed by atoms with Crippen molar-refractivity contribution in [1.82, 2.24) is 5.32 Å². The number of benzene rings is 1. The fourth-order valence-electron chi connectivity index (χ4n) is 1.53. The smallest absolute Gasteiger partial charge is 0.246 e. The number of carbonyl (C=O) groups is 2. The van der Waals surface area contributed by atoms with Crippen LogP contribution < -0.4 is 15.4 Å². The van der Waals surface area contributed by atoms with Gasteiger partial charge < -0.3 is 15.4 Å². The van der Waals surface area contributed by atoms with E-state index in [0.29, 0.717) is 12.3 Å².